The van der Waals surface area contributed by atoms with Crippen LogP contribution in [0.3, 0.4) is 0 Å². The molecule has 0 bridgehead atoms. The zero-order chi connectivity index (χ0) is 15.0. The summed E-state index contributed by atoms with van der Waals surface area (Å²) >= 11 is 0. The number of carbonyl (C=O) groups is 1. The number of carboxylic acids is 1. The topological polar surface area (TPSA) is 99.3 Å². The van der Waals surface area contributed by atoms with E-state index in [1.54, 1.807) is 6.92 Å². The Morgan fingerprint density at radius 3 is 2.21 bits per heavy atom. The Hall–Kier alpha value is -1.34. The molecule has 0 atom stereocenters. The fraction of sp³-hybridized carbons (Fsp3) is 0.583. The predicted octanol–water partition coefficient (Wildman–Crippen LogP) is 1.65. The van der Waals surface area contributed by atoms with Crippen LogP contribution in [0.15, 0.2) is 4.90 Å². The Balaban J connectivity index is 3.19. The molecule has 108 valence electrons. The van der Waals surface area contributed by atoms with Crippen molar-refractivity contribution in [3.63, 3.8) is 0 Å². The summed E-state index contributed by atoms with van der Waals surface area (Å²) in [6.45, 7) is 9.05. The maximum absolute atomic E-state index is 12.2. The van der Waals surface area contributed by atoms with Crippen LogP contribution in [-0.2, 0) is 10.0 Å². The first-order valence-electron chi connectivity index (χ1n) is 5.88. The van der Waals surface area contributed by atoms with E-state index in [0.29, 0.717) is 5.69 Å². The molecule has 0 fully saturated rings. The third kappa shape index (κ3) is 3.57. The summed E-state index contributed by atoms with van der Waals surface area (Å²) < 4.78 is 27.0. The normalized spacial score (nSPS) is 12.7. The van der Waals surface area contributed by atoms with Crippen molar-refractivity contribution < 1.29 is 18.3 Å². The van der Waals surface area contributed by atoms with Crippen molar-refractivity contribution in [2.24, 2.45) is 5.41 Å². The average molecular weight is 288 g/mol. The second-order valence-corrected chi connectivity index (χ2v) is 7.47. The lowest BCUT2D eigenvalue weighted by molar-refractivity contribution is 0.0690. The molecule has 1 aromatic heterocycles. The highest BCUT2D eigenvalue weighted by Gasteiger charge is 2.27. The number of sulfonamides is 1. The van der Waals surface area contributed by atoms with Gasteiger partial charge in [0.05, 0.1) is 0 Å². The summed E-state index contributed by atoms with van der Waals surface area (Å²) in [5.41, 5.74) is 0.275. The van der Waals surface area contributed by atoms with Crippen molar-refractivity contribution in [3.05, 3.63) is 17.0 Å². The van der Waals surface area contributed by atoms with Gasteiger partial charge in [0.15, 0.2) is 0 Å². The number of hydrogen-bond donors (Lipinski definition) is 3. The minimum Gasteiger partial charge on any atom is -0.477 e. The van der Waals surface area contributed by atoms with E-state index in [9.17, 15) is 13.2 Å². The van der Waals surface area contributed by atoms with Gasteiger partial charge in [-0.2, -0.15) is 0 Å². The zero-order valence-electron chi connectivity index (χ0n) is 11.8. The fourth-order valence-corrected chi connectivity index (χ4v) is 3.46. The molecule has 0 amide bonds. The molecule has 0 spiro atoms. The summed E-state index contributed by atoms with van der Waals surface area (Å²) in [6, 6.07) is 0. The minimum atomic E-state index is -3.71. The highest BCUT2D eigenvalue weighted by atomic mass is 32.2. The SMILES string of the molecule is Cc1[nH]c(C(=O)O)c(C)c1S(=O)(=O)NCC(C)(C)C. The summed E-state index contributed by atoms with van der Waals surface area (Å²) in [4.78, 5) is 13.6. The van der Waals surface area contributed by atoms with Gasteiger partial charge in [-0.25, -0.2) is 17.9 Å². The molecule has 3 N–H and O–H groups in total. The average Bonchev–Trinajstić information content (AvgIpc) is 2.51. The summed E-state index contributed by atoms with van der Waals surface area (Å²) in [5, 5.41) is 8.98. The van der Waals surface area contributed by atoms with Crippen LogP contribution in [0.2, 0.25) is 0 Å². The number of hydrogen-bond acceptors (Lipinski definition) is 3. The first-order valence-corrected chi connectivity index (χ1v) is 7.36. The number of aromatic nitrogens is 1. The third-order valence-corrected chi connectivity index (χ3v) is 4.32. The molecular formula is C12H20N2O4S. The lowest BCUT2D eigenvalue weighted by atomic mass is 9.98. The molecule has 0 aromatic carbocycles. The van der Waals surface area contributed by atoms with E-state index < -0.39 is 16.0 Å². The van der Waals surface area contributed by atoms with E-state index in [4.69, 9.17) is 5.11 Å². The number of aromatic amines is 1. The van der Waals surface area contributed by atoms with Crippen molar-refractivity contribution in [2.45, 2.75) is 39.5 Å². The summed E-state index contributed by atoms with van der Waals surface area (Å²) in [6.07, 6.45) is 0. The maximum atomic E-state index is 12.2. The van der Waals surface area contributed by atoms with E-state index in [2.05, 4.69) is 9.71 Å². The van der Waals surface area contributed by atoms with Crippen molar-refractivity contribution >= 4 is 16.0 Å². The molecular weight excluding hydrogens is 268 g/mol. The second-order valence-electron chi connectivity index (χ2n) is 5.77. The van der Waals surface area contributed by atoms with Gasteiger partial charge < -0.3 is 10.1 Å². The van der Waals surface area contributed by atoms with Crippen LogP contribution in [0.1, 0.15) is 42.5 Å². The quantitative estimate of drug-likeness (QED) is 0.784. The second kappa shape index (κ2) is 4.97. The smallest absolute Gasteiger partial charge is 0.352 e. The van der Waals surface area contributed by atoms with E-state index >= 15 is 0 Å². The van der Waals surface area contributed by atoms with Gasteiger partial charge in [0.1, 0.15) is 10.6 Å². The number of aryl methyl sites for hydroxylation is 1. The van der Waals surface area contributed by atoms with Crippen molar-refractivity contribution in [2.75, 3.05) is 6.54 Å². The third-order valence-electron chi connectivity index (χ3n) is 2.64. The van der Waals surface area contributed by atoms with Crippen LogP contribution in [0.25, 0.3) is 0 Å². The first-order chi connectivity index (χ1) is 8.46. The van der Waals surface area contributed by atoms with E-state index in [1.807, 2.05) is 20.8 Å². The maximum Gasteiger partial charge on any atom is 0.352 e. The molecule has 7 heteroatoms. The van der Waals surface area contributed by atoms with Gasteiger partial charge in [0, 0.05) is 17.8 Å². The molecule has 1 heterocycles. The Kier molecular flexibility index (Phi) is 4.11. The largest absolute Gasteiger partial charge is 0.477 e. The van der Waals surface area contributed by atoms with E-state index in [-0.39, 0.29) is 28.1 Å². The van der Waals surface area contributed by atoms with Gasteiger partial charge in [-0.1, -0.05) is 20.8 Å². The molecule has 0 saturated heterocycles. The lowest BCUT2D eigenvalue weighted by Crippen LogP contribution is -2.32. The Morgan fingerprint density at radius 2 is 1.84 bits per heavy atom. The molecule has 19 heavy (non-hydrogen) atoms. The predicted molar refractivity (Wildman–Crippen MR) is 71.9 cm³/mol. The monoisotopic (exact) mass is 288 g/mol. The Labute approximate surface area is 113 Å². The number of nitrogens with one attached hydrogen (secondary N) is 2. The lowest BCUT2D eigenvalue weighted by Gasteiger charge is -2.19. The van der Waals surface area contributed by atoms with Crippen LogP contribution in [0.5, 0.6) is 0 Å². The summed E-state index contributed by atoms with van der Waals surface area (Å²) in [7, 11) is -3.71. The first kappa shape index (κ1) is 15.7. The number of rotatable bonds is 4. The molecule has 6 nitrogen and oxygen atoms in total. The minimum absolute atomic E-state index is 0.0224. The number of aromatic carboxylic acids is 1. The molecule has 1 rings (SSSR count). The molecule has 0 saturated carbocycles. The molecule has 1 aromatic rings. The van der Waals surface area contributed by atoms with E-state index in [0.717, 1.165) is 0 Å². The van der Waals surface area contributed by atoms with Crippen LogP contribution < -0.4 is 4.72 Å². The Morgan fingerprint density at radius 1 is 1.32 bits per heavy atom. The van der Waals surface area contributed by atoms with Crippen molar-refractivity contribution in [1.29, 1.82) is 0 Å². The van der Waals surface area contributed by atoms with Gasteiger partial charge in [0.2, 0.25) is 10.0 Å². The Bertz CT molecular complexity index is 594. The summed E-state index contributed by atoms with van der Waals surface area (Å²) in [5.74, 6) is -1.17. The van der Waals surface area contributed by atoms with Crippen LogP contribution >= 0.6 is 0 Å². The van der Waals surface area contributed by atoms with Gasteiger partial charge in [0.25, 0.3) is 0 Å². The molecule has 0 aliphatic heterocycles. The van der Waals surface area contributed by atoms with E-state index in [1.165, 1.54) is 6.92 Å². The zero-order valence-corrected chi connectivity index (χ0v) is 12.6. The van der Waals surface area contributed by atoms with Crippen LogP contribution in [0, 0.1) is 19.3 Å². The van der Waals surface area contributed by atoms with Gasteiger partial charge >= 0.3 is 5.97 Å². The van der Waals surface area contributed by atoms with Crippen molar-refractivity contribution in [3.8, 4) is 0 Å². The van der Waals surface area contributed by atoms with Crippen molar-refractivity contribution in [1.82, 2.24) is 9.71 Å². The van der Waals surface area contributed by atoms with Crippen LogP contribution in [-0.4, -0.2) is 31.0 Å². The fourth-order valence-electron chi connectivity index (χ4n) is 1.73. The highest BCUT2D eigenvalue weighted by Crippen LogP contribution is 2.23. The van der Waals surface area contributed by atoms with Gasteiger partial charge in [-0.15, -0.1) is 0 Å². The standard InChI is InChI=1S/C12H20N2O4S/c1-7-9(11(15)16)14-8(2)10(7)19(17,18)13-6-12(3,4)5/h13-14H,6H2,1-5H3,(H,15,16). The number of carboxylic acid groups (broad SMARTS) is 1. The van der Waals surface area contributed by atoms with Gasteiger partial charge in [-0.3, -0.25) is 0 Å². The van der Waals surface area contributed by atoms with Gasteiger partial charge in [-0.05, 0) is 19.3 Å². The highest BCUT2D eigenvalue weighted by molar-refractivity contribution is 7.89. The molecule has 0 aliphatic rings. The molecule has 0 aliphatic carbocycles. The number of H-pyrrole nitrogens is 1. The molecule has 0 unspecified atom stereocenters. The van der Waals surface area contributed by atoms with Crippen LogP contribution in [0.4, 0.5) is 0 Å². The molecule has 0 radical (unpaired) electrons.